The van der Waals surface area contributed by atoms with E-state index in [0.717, 1.165) is 37.6 Å². The predicted molar refractivity (Wildman–Crippen MR) is 106 cm³/mol. The fraction of sp³-hybridized carbons (Fsp3) is 0.381. The molecule has 0 saturated carbocycles. The number of carbonyl (C=O) groups is 1. The average molecular weight is 395 g/mol. The van der Waals surface area contributed by atoms with Crippen LogP contribution in [0.25, 0.3) is 0 Å². The molecule has 4 heterocycles. The number of aryl methyl sites for hydroxylation is 1. The molecule has 5 rings (SSSR count). The SMILES string of the molecule is Cc1noc(C2CN(Cc3ccccc3)CC23CN(C(=O)c2cccs2)C3)n1. The third-order valence-electron chi connectivity index (χ3n) is 5.84. The van der Waals surface area contributed by atoms with E-state index in [1.165, 1.54) is 16.9 Å². The van der Waals surface area contributed by atoms with Gasteiger partial charge in [0, 0.05) is 38.1 Å². The molecule has 2 aromatic heterocycles. The van der Waals surface area contributed by atoms with Gasteiger partial charge in [0.25, 0.3) is 5.91 Å². The Kier molecular flexibility index (Phi) is 4.29. The Labute approximate surface area is 167 Å². The van der Waals surface area contributed by atoms with Crippen molar-refractivity contribution in [2.45, 2.75) is 19.4 Å². The Hall–Kier alpha value is -2.51. The van der Waals surface area contributed by atoms with Crippen molar-refractivity contribution < 1.29 is 9.32 Å². The molecule has 0 radical (unpaired) electrons. The fourth-order valence-electron chi connectivity index (χ4n) is 4.56. The summed E-state index contributed by atoms with van der Waals surface area (Å²) in [6.07, 6.45) is 0. The molecule has 1 amide bonds. The first kappa shape index (κ1) is 17.6. The minimum absolute atomic E-state index is 0.0132. The minimum atomic E-state index is -0.0132. The molecule has 1 spiro atoms. The van der Waals surface area contributed by atoms with Crippen LogP contribution < -0.4 is 0 Å². The zero-order valence-electron chi connectivity index (χ0n) is 15.7. The monoisotopic (exact) mass is 394 g/mol. The van der Waals surface area contributed by atoms with Crippen LogP contribution in [0.5, 0.6) is 0 Å². The molecule has 1 atom stereocenters. The van der Waals surface area contributed by atoms with Crippen LogP contribution >= 0.6 is 11.3 Å². The minimum Gasteiger partial charge on any atom is -0.339 e. The van der Waals surface area contributed by atoms with Crippen LogP contribution in [0.4, 0.5) is 0 Å². The van der Waals surface area contributed by atoms with Crippen LogP contribution in [0.2, 0.25) is 0 Å². The predicted octanol–water partition coefficient (Wildman–Crippen LogP) is 3.18. The van der Waals surface area contributed by atoms with Crippen molar-refractivity contribution in [1.82, 2.24) is 19.9 Å². The number of rotatable bonds is 4. The highest BCUT2D eigenvalue weighted by Gasteiger charge is 2.57. The third kappa shape index (κ3) is 3.04. The molecule has 3 aromatic rings. The van der Waals surface area contributed by atoms with E-state index in [-0.39, 0.29) is 17.2 Å². The first-order valence-corrected chi connectivity index (χ1v) is 10.4. The Balaban J connectivity index is 1.36. The number of benzene rings is 1. The number of carbonyl (C=O) groups excluding carboxylic acids is 1. The van der Waals surface area contributed by atoms with Gasteiger partial charge in [-0.05, 0) is 23.9 Å². The zero-order valence-corrected chi connectivity index (χ0v) is 16.6. The zero-order chi connectivity index (χ0) is 19.1. The number of amides is 1. The summed E-state index contributed by atoms with van der Waals surface area (Å²) in [5.74, 6) is 1.65. The maximum absolute atomic E-state index is 12.7. The lowest BCUT2D eigenvalue weighted by molar-refractivity contribution is -0.000884. The number of likely N-dealkylation sites (tertiary alicyclic amines) is 2. The standard InChI is InChI=1S/C21H22N4O2S/c1-15-22-19(27-23-15)17-11-24(10-16-6-3-2-4-7-16)12-21(17)13-25(14-21)20(26)18-8-5-9-28-18/h2-9,17H,10-14H2,1H3. The molecule has 2 saturated heterocycles. The van der Waals surface area contributed by atoms with Gasteiger partial charge in [0.2, 0.25) is 5.89 Å². The van der Waals surface area contributed by atoms with Gasteiger partial charge in [0.05, 0.1) is 10.8 Å². The van der Waals surface area contributed by atoms with Crippen molar-refractivity contribution in [1.29, 1.82) is 0 Å². The maximum atomic E-state index is 12.7. The van der Waals surface area contributed by atoms with Crippen LogP contribution in [0.15, 0.2) is 52.4 Å². The highest BCUT2D eigenvalue weighted by atomic mass is 32.1. The van der Waals surface area contributed by atoms with Gasteiger partial charge in [-0.2, -0.15) is 4.98 Å². The first-order chi connectivity index (χ1) is 13.6. The smallest absolute Gasteiger partial charge is 0.263 e. The second-order valence-corrected chi connectivity index (χ2v) is 8.84. The van der Waals surface area contributed by atoms with Crippen molar-refractivity contribution >= 4 is 17.2 Å². The van der Waals surface area contributed by atoms with Gasteiger partial charge in [-0.3, -0.25) is 9.69 Å². The highest BCUT2D eigenvalue weighted by Crippen LogP contribution is 2.49. The molecule has 1 aromatic carbocycles. The van der Waals surface area contributed by atoms with E-state index in [1.54, 1.807) is 0 Å². The van der Waals surface area contributed by atoms with E-state index in [2.05, 4.69) is 39.3 Å². The Morgan fingerprint density at radius 3 is 2.71 bits per heavy atom. The highest BCUT2D eigenvalue weighted by molar-refractivity contribution is 7.12. The molecule has 28 heavy (non-hydrogen) atoms. The lowest BCUT2D eigenvalue weighted by Gasteiger charge is -2.50. The summed E-state index contributed by atoms with van der Waals surface area (Å²) in [6.45, 7) is 6.02. The Bertz CT molecular complexity index is 963. The summed E-state index contributed by atoms with van der Waals surface area (Å²) < 4.78 is 5.56. The summed E-state index contributed by atoms with van der Waals surface area (Å²) in [4.78, 5) is 22.5. The number of hydrogen-bond donors (Lipinski definition) is 0. The van der Waals surface area contributed by atoms with Gasteiger partial charge in [-0.1, -0.05) is 41.6 Å². The molecule has 0 aliphatic carbocycles. The normalized spacial score (nSPS) is 21.2. The first-order valence-electron chi connectivity index (χ1n) is 9.52. The molecule has 6 nitrogen and oxygen atoms in total. The Morgan fingerprint density at radius 2 is 2.04 bits per heavy atom. The number of thiophene rings is 1. The van der Waals surface area contributed by atoms with Gasteiger partial charge < -0.3 is 9.42 Å². The van der Waals surface area contributed by atoms with E-state index < -0.39 is 0 Å². The lowest BCUT2D eigenvalue weighted by atomic mass is 9.71. The fourth-order valence-corrected chi connectivity index (χ4v) is 5.25. The molecular weight excluding hydrogens is 372 g/mol. The van der Waals surface area contributed by atoms with Gasteiger partial charge in [-0.15, -0.1) is 11.3 Å². The third-order valence-corrected chi connectivity index (χ3v) is 6.70. The number of hydrogen-bond acceptors (Lipinski definition) is 6. The summed E-state index contributed by atoms with van der Waals surface area (Å²) in [5, 5.41) is 5.95. The number of nitrogens with zero attached hydrogens (tertiary/aromatic N) is 4. The van der Waals surface area contributed by atoms with E-state index in [1.807, 2.05) is 35.4 Å². The Morgan fingerprint density at radius 1 is 1.21 bits per heavy atom. The van der Waals surface area contributed by atoms with Crippen molar-refractivity contribution in [3.8, 4) is 0 Å². The largest absolute Gasteiger partial charge is 0.339 e. The average Bonchev–Trinajstić information content (AvgIpc) is 3.40. The molecule has 0 bridgehead atoms. The second kappa shape index (κ2) is 6.83. The van der Waals surface area contributed by atoms with Gasteiger partial charge in [0.1, 0.15) is 0 Å². The van der Waals surface area contributed by atoms with Gasteiger partial charge in [0.15, 0.2) is 5.82 Å². The van der Waals surface area contributed by atoms with Crippen LogP contribution in [-0.2, 0) is 6.54 Å². The van der Waals surface area contributed by atoms with Crippen LogP contribution in [-0.4, -0.2) is 52.0 Å². The quantitative estimate of drug-likeness (QED) is 0.680. The summed E-state index contributed by atoms with van der Waals surface area (Å²) in [6, 6.07) is 14.3. The molecule has 2 fully saturated rings. The van der Waals surface area contributed by atoms with Crippen molar-refractivity contribution in [2.24, 2.45) is 5.41 Å². The van der Waals surface area contributed by atoms with E-state index in [4.69, 9.17) is 4.52 Å². The van der Waals surface area contributed by atoms with Crippen LogP contribution in [0, 0.1) is 12.3 Å². The van der Waals surface area contributed by atoms with E-state index >= 15 is 0 Å². The lowest BCUT2D eigenvalue weighted by Crippen LogP contribution is -2.61. The molecule has 2 aliphatic heterocycles. The second-order valence-electron chi connectivity index (χ2n) is 7.89. The summed E-state index contributed by atoms with van der Waals surface area (Å²) >= 11 is 1.50. The molecule has 7 heteroatoms. The molecule has 144 valence electrons. The number of aromatic nitrogens is 2. The van der Waals surface area contributed by atoms with E-state index in [0.29, 0.717) is 11.7 Å². The molecule has 2 aliphatic rings. The van der Waals surface area contributed by atoms with Gasteiger partial charge in [-0.25, -0.2) is 0 Å². The molecule has 1 unspecified atom stereocenters. The van der Waals surface area contributed by atoms with Crippen LogP contribution in [0.3, 0.4) is 0 Å². The van der Waals surface area contributed by atoms with Crippen molar-refractivity contribution in [2.75, 3.05) is 26.2 Å². The summed E-state index contributed by atoms with van der Waals surface area (Å²) in [5.41, 5.74) is 1.28. The van der Waals surface area contributed by atoms with Gasteiger partial charge >= 0.3 is 0 Å². The summed E-state index contributed by atoms with van der Waals surface area (Å²) in [7, 11) is 0. The van der Waals surface area contributed by atoms with E-state index in [9.17, 15) is 4.79 Å². The van der Waals surface area contributed by atoms with Crippen molar-refractivity contribution in [3.63, 3.8) is 0 Å². The topological polar surface area (TPSA) is 62.5 Å². The molecule has 0 N–H and O–H groups in total. The van der Waals surface area contributed by atoms with Crippen LogP contribution in [0.1, 0.15) is 32.9 Å². The molecular formula is C21H22N4O2S. The van der Waals surface area contributed by atoms with Crippen molar-refractivity contribution in [3.05, 3.63) is 70.0 Å². The maximum Gasteiger partial charge on any atom is 0.263 e.